The van der Waals surface area contributed by atoms with Crippen LogP contribution in [0.3, 0.4) is 0 Å². The van der Waals surface area contributed by atoms with Crippen LogP contribution in [0, 0.1) is 5.82 Å². The molecule has 4 nitrogen and oxygen atoms in total. The van der Waals surface area contributed by atoms with Gasteiger partial charge in [0.25, 0.3) is 0 Å². The lowest BCUT2D eigenvalue weighted by molar-refractivity contribution is 0.307. The predicted octanol–water partition coefficient (Wildman–Crippen LogP) is 4.68. The van der Waals surface area contributed by atoms with Gasteiger partial charge in [-0.3, -0.25) is 4.72 Å². The number of sulfonamides is 1. The Morgan fingerprint density at radius 1 is 1.00 bits per heavy atom. The minimum Gasteiger partial charge on any atom is -0.488 e. The van der Waals surface area contributed by atoms with E-state index in [1.54, 1.807) is 24.3 Å². The standard InChI is InChI=1S/C22H18FNO3S/c1-28(25,26)24-18-7-4-5-15(11-18)12-20-19-8-3-2-6-16(19)14-27-22-10-9-17(23)13-21(20)22/h2-13,24H,14H2,1H3. The van der Waals surface area contributed by atoms with Crippen molar-refractivity contribution in [3.8, 4) is 5.75 Å². The van der Waals surface area contributed by atoms with Crippen LogP contribution < -0.4 is 9.46 Å². The van der Waals surface area contributed by atoms with Crippen molar-refractivity contribution in [1.82, 2.24) is 0 Å². The van der Waals surface area contributed by atoms with E-state index >= 15 is 0 Å². The number of nitrogens with one attached hydrogen (secondary N) is 1. The van der Waals surface area contributed by atoms with Gasteiger partial charge >= 0.3 is 0 Å². The van der Waals surface area contributed by atoms with Crippen molar-refractivity contribution >= 4 is 27.4 Å². The van der Waals surface area contributed by atoms with Gasteiger partial charge < -0.3 is 4.74 Å². The van der Waals surface area contributed by atoms with Crippen LogP contribution in [0.1, 0.15) is 22.3 Å². The van der Waals surface area contributed by atoms with Crippen molar-refractivity contribution in [3.63, 3.8) is 0 Å². The van der Waals surface area contributed by atoms with E-state index in [0.29, 0.717) is 23.6 Å². The SMILES string of the molecule is CS(=O)(=O)Nc1cccc(C=C2c3ccccc3COc3ccc(F)cc32)c1. The van der Waals surface area contributed by atoms with Gasteiger partial charge in [-0.05, 0) is 58.7 Å². The molecule has 1 aliphatic heterocycles. The molecule has 3 aromatic rings. The fourth-order valence-corrected chi connectivity index (χ4v) is 3.83. The topological polar surface area (TPSA) is 55.4 Å². The fraction of sp³-hybridized carbons (Fsp3) is 0.0909. The number of rotatable bonds is 3. The zero-order chi connectivity index (χ0) is 19.7. The van der Waals surface area contributed by atoms with Crippen molar-refractivity contribution in [3.05, 3.63) is 94.8 Å². The molecule has 0 unspecified atom stereocenters. The van der Waals surface area contributed by atoms with Gasteiger partial charge in [-0.2, -0.15) is 0 Å². The Balaban J connectivity index is 1.89. The Kier molecular flexibility index (Phi) is 4.65. The molecule has 3 aromatic carbocycles. The van der Waals surface area contributed by atoms with Crippen molar-refractivity contribution in [2.45, 2.75) is 6.61 Å². The van der Waals surface area contributed by atoms with Gasteiger partial charge in [-0.1, -0.05) is 36.4 Å². The molecule has 0 saturated carbocycles. The van der Waals surface area contributed by atoms with Crippen molar-refractivity contribution in [2.24, 2.45) is 0 Å². The molecule has 0 aromatic heterocycles. The normalized spacial score (nSPS) is 14.6. The van der Waals surface area contributed by atoms with Gasteiger partial charge in [0.1, 0.15) is 18.2 Å². The number of ether oxygens (including phenoxy) is 1. The summed E-state index contributed by atoms with van der Waals surface area (Å²) in [6, 6.07) is 19.3. The number of anilines is 1. The highest BCUT2D eigenvalue weighted by Gasteiger charge is 2.19. The third-order valence-corrected chi connectivity index (χ3v) is 5.03. The Bertz CT molecular complexity index is 1190. The quantitative estimate of drug-likeness (QED) is 0.701. The first-order valence-electron chi connectivity index (χ1n) is 8.70. The number of hydrogen-bond acceptors (Lipinski definition) is 3. The van der Waals surface area contributed by atoms with Gasteiger partial charge in [0.05, 0.1) is 6.26 Å². The number of halogens is 1. The molecule has 1 aliphatic rings. The second-order valence-electron chi connectivity index (χ2n) is 6.64. The molecular weight excluding hydrogens is 377 g/mol. The molecule has 4 rings (SSSR count). The van der Waals surface area contributed by atoms with E-state index in [9.17, 15) is 12.8 Å². The number of benzene rings is 3. The molecule has 6 heteroatoms. The molecule has 1 N–H and O–H groups in total. The second-order valence-corrected chi connectivity index (χ2v) is 8.39. The first kappa shape index (κ1) is 18.3. The van der Waals surface area contributed by atoms with Crippen molar-refractivity contribution < 1.29 is 17.5 Å². The molecule has 142 valence electrons. The molecule has 0 amide bonds. The highest BCUT2D eigenvalue weighted by Crippen LogP contribution is 2.38. The van der Waals surface area contributed by atoms with Gasteiger partial charge in [0.15, 0.2) is 0 Å². The Labute approximate surface area is 163 Å². The lowest BCUT2D eigenvalue weighted by atomic mass is 9.92. The average Bonchev–Trinajstić information content (AvgIpc) is 2.78. The van der Waals surface area contributed by atoms with Crippen molar-refractivity contribution in [1.29, 1.82) is 0 Å². The molecule has 0 radical (unpaired) electrons. The van der Waals surface area contributed by atoms with Gasteiger partial charge in [-0.15, -0.1) is 0 Å². The Morgan fingerprint density at radius 3 is 2.64 bits per heavy atom. The summed E-state index contributed by atoms with van der Waals surface area (Å²) in [5.74, 6) is 0.259. The minimum atomic E-state index is -3.38. The lowest BCUT2D eigenvalue weighted by Gasteiger charge is -2.11. The van der Waals surface area contributed by atoms with Crippen LogP contribution >= 0.6 is 0 Å². The monoisotopic (exact) mass is 395 g/mol. The van der Waals surface area contributed by atoms with E-state index in [0.717, 1.165) is 28.5 Å². The second kappa shape index (κ2) is 7.13. The van der Waals surface area contributed by atoms with Crippen LogP contribution in [0.2, 0.25) is 0 Å². The Morgan fingerprint density at radius 2 is 1.82 bits per heavy atom. The molecule has 1 heterocycles. The van der Waals surface area contributed by atoms with Crippen LogP contribution in [-0.4, -0.2) is 14.7 Å². The molecule has 0 spiro atoms. The summed E-state index contributed by atoms with van der Waals surface area (Å²) in [5, 5.41) is 0. The number of fused-ring (bicyclic) bond motifs is 2. The fourth-order valence-electron chi connectivity index (χ4n) is 3.28. The highest BCUT2D eigenvalue weighted by molar-refractivity contribution is 7.92. The summed E-state index contributed by atoms with van der Waals surface area (Å²) < 4.78 is 45.4. The van der Waals surface area contributed by atoms with E-state index in [4.69, 9.17) is 4.74 Å². The van der Waals surface area contributed by atoms with E-state index in [-0.39, 0.29) is 5.82 Å². The molecule has 0 bridgehead atoms. The largest absolute Gasteiger partial charge is 0.488 e. The van der Waals surface area contributed by atoms with Gasteiger partial charge in [-0.25, -0.2) is 12.8 Å². The van der Waals surface area contributed by atoms with Crippen LogP contribution in [0.25, 0.3) is 11.6 Å². The first-order valence-corrected chi connectivity index (χ1v) is 10.6. The summed E-state index contributed by atoms with van der Waals surface area (Å²) in [5.41, 5.74) is 4.68. The molecule has 0 fully saturated rings. The van der Waals surface area contributed by atoms with Crippen LogP contribution in [0.4, 0.5) is 10.1 Å². The van der Waals surface area contributed by atoms with E-state index in [1.165, 1.54) is 12.1 Å². The van der Waals surface area contributed by atoms with E-state index in [2.05, 4.69) is 4.72 Å². The zero-order valence-corrected chi connectivity index (χ0v) is 16.0. The molecule has 28 heavy (non-hydrogen) atoms. The smallest absolute Gasteiger partial charge is 0.229 e. The summed E-state index contributed by atoms with van der Waals surface area (Å²) in [6.45, 7) is 0.391. The Hall–Kier alpha value is -3.12. The third-order valence-electron chi connectivity index (χ3n) is 4.42. The van der Waals surface area contributed by atoms with Crippen LogP contribution in [0.5, 0.6) is 5.75 Å². The highest BCUT2D eigenvalue weighted by atomic mass is 32.2. The van der Waals surface area contributed by atoms with E-state index in [1.807, 2.05) is 36.4 Å². The summed E-state index contributed by atoms with van der Waals surface area (Å²) >= 11 is 0. The maximum atomic E-state index is 14.0. The summed E-state index contributed by atoms with van der Waals surface area (Å²) in [6.07, 6.45) is 3.02. The predicted molar refractivity (Wildman–Crippen MR) is 109 cm³/mol. The van der Waals surface area contributed by atoms with Crippen LogP contribution in [-0.2, 0) is 16.6 Å². The molecule has 0 aliphatic carbocycles. The molecular formula is C22H18FNO3S. The maximum absolute atomic E-state index is 14.0. The first-order chi connectivity index (χ1) is 13.4. The lowest BCUT2D eigenvalue weighted by Crippen LogP contribution is -2.09. The van der Waals surface area contributed by atoms with Crippen LogP contribution in [0.15, 0.2) is 66.7 Å². The zero-order valence-electron chi connectivity index (χ0n) is 15.1. The maximum Gasteiger partial charge on any atom is 0.229 e. The van der Waals surface area contributed by atoms with Gasteiger partial charge in [0.2, 0.25) is 10.0 Å². The summed E-state index contributed by atoms with van der Waals surface area (Å²) in [4.78, 5) is 0. The van der Waals surface area contributed by atoms with Crippen molar-refractivity contribution in [2.75, 3.05) is 11.0 Å². The number of hydrogen-bond donors (Lipinski definition) is 1. The van der Waals surface area contributed by atoms with E-state index < -0.39 is 10.0 Å². The van der Waals surface area contributed by atoms with Gasteiger partial charge in [0, 0.05) is 11.3 Å². The third kappa shape index (κ3) is 3.92. The average molecular weight is 395 g/mol. The minimum absolute atomic E-state index is 0.347. The summed E-state index contributed by atoms with van der Waals surface area (Å²) in [7, 11) is -3.38. The molecule has 0 atom stereocenters. The molecule has 0 saturated heterocycles.